The fourth-order valence-corrected chi connectivity index (χ4v) is 5.19. The maximum Gasteiger partial charge on any atom is 0.329 e. The molecule has 7 nitrogen and oxygen atoms in total. The standard InChI is InChI=1S/C22H26N2O5/c1-11-4-7-16(8-12(11)2)23-17(25)10-29-22(28)13(3)24-20(26)18-14-5-6-15(9-14)19(18)21(24)27/h4,7-8,13-15,18-19H,5-6,9-10H2,1-3H3,(H,23,25)/t13-,14+,15+,18-,19+/m1/s1. The number of nitrogens with one attached hydrogen (secondary N) is 1. The lowest BCUT2D eigenvalue weighted by Crippen LogP contribution is -2.45. The molecule has 7 heteroatoms. The van der Waals surface area contributed by atoms with Crippen molar-refractivity contribution in [2.45, 2.75) is 46.1 Å². The summed E-state index contributed by atoms with van der Waals surface area (Å²) in [6.45, 7) is 4.94. The summed E-state index contributed by atoms with van der Waals surface area (Å²) >= 11 is 0. The molecule has 154 valence electrons. The Morgan fingerprint density at radius 2 is 1.72 bits per heavy atom. The SMILES string of the molecule is Cc1ccc(NC(=O)COC(=O)[C@@H](C)N2C(=O)[C@@H]3[C@H]4CC[C@@H](C4)[C@@H]3C2=O)cc1C. The first kappa shape index (κ1) is 19.6. The number of benzene rings is 1. The molecule has 3 aliphatic rings. The molecule has 4 rings (SSSR count). The van der Waals surface area contributed by atoms with Gasteiger partial charge in [0.05, 0.1) is 11.8 Å². The van der Waals surface area contributed by atoms with E-state index in [1.165, 1.54) is 6.92 Å². The molecule has 2 bridgehead atoms. The number of hydrogen-bond acceptors (Lipinski definition) is 5. The van der Waals surface area contributed by atoms with Crippen LogP contribution in [0.2, 0.25) is 0 Å². The molecule has 2 saturated carbocycles. The quantitative estimate of drug-likeness (QED) is 0.606. The van der Waals surface area contributed by atoms with E-state index in [-0.39, 0.29) is 35.5 Å². The third kappa shape index (κ3) is 3.32. The average Bonchev–Trinajstić information content (AvgIpc) is 3.36. The minimum atomic E-state index is -1.02. The number of likely N-dealkylation sites (tertiary alicyclic amines) is 1. The summed E-state index contributed by atoms with van der Waals surface area (Å²) in [5.41, 5.74) is 2.77. The van der Waals surface area contributed by atoms with Crippen LogP contribution in [0.3, 0.4) is 0 Å². The Labute approximate surface area is 169 Å². The van der Waals surface area contributed by atoms with Gasteiger partial charge in [0, 0.05) is 5.69 Å². The fraction of sp³-hybridized carbons (Fsp3) is 0.545. The number of fused-ring (bicyclic) bond motifs is 5. The lowest BCUT2D eigenvalue weighted by Gasteiger charge is -2.23. The molecule has 1 aliphatic heterocycles. The molecule has 1 heterocycles. The lowest BCUT2D eigenvalue weighted by molar-refractivity contribution is -0.159. The first-order valence-corrected chi connectivity index (χ1v) is 10.2. The number of aryl methyl sites for hydroxylation is 2. The largest absolute Gasteiger partial charge is 0.454 e. The van der Waals surface area contributed by atoms with Crippen LogP contribution < -0.4 is 5.32 Å². The molecule has 0 radical (unpaired) electrons. The van der Waals surface area contributed by atoms with Crippen LogP contribution in [-0.4, -0.2) is 41.2 Å². The second-order valence-corrected chi connectivity index (χ2v) is 8.56. The van der Waals surface area contributed by atoms with Crippen molar-refractivity contribution < 1.29 is 23.9 Å². The smallest absolute Gasteiger partial charge is 0.329 e. The van der Waals surface area contributed by atoms with Crippen LogP contribution in [0.1, 0.15) is 37.3 Å². The van der Waals surface area contributed by atoms with Gasteiger partial charge in [0.15, 0.2) is 6.61 Å². The van der Waals surface area contributed by atoms with Gasteiger partial charge in [0.2, 0.25) is 11.8 Å². The molecule has 0 aromatic heterocycles. The van der Waals surface area contributed by atoms with Gasteiger partial charge in [-0.2, -0.15) is 0 Å². The maximum atomic E-state index is 12.8. The van der Waals surface area contributed by atoms with Crippen molar-refractivity contribution in [3.05, 3.63) is 29.3 Å². The minimum absolute atomic E-state index is 0.253. The van der Waals surface area contributed by atoms with Gasteiger partial charge in [-0.3, -0.25) is 19.3 Å². The highest BCUT2D eigenvalue weighted by Crippen LogP contribution is 2.56. The van der Waals surface area contributed by atoms with Crippen molar-refractivity contribution in [2.75, 3.05) is 11.9 Å². The highest BCUT2D eigenvalue weighted by Gasteiger charge is 2.62. The van der Waals surface area contributed by atoms with E-state index < -0.39 is 24.5 Å². The first-order valence-electron chi connectivity index (χ1n) is 10.2. The third-order valence-corrected chi connectivity index (χ3v) is 6.83. The molecule has 1 aromatic carbocycles. The highest BCUT2D eigenvalue weighted by molar-refractivity contribution is 6.08. The van der Waals surface area contributed by atoms with Crippen LogP contribution in [0, 0.1) is 37.5 Å². The zero-order valence-electron chi connectivity index (χ0n) is 16.9. The lowest BCUT2D eigenvalue weighted by atomic mass is 9.81. The van der Waals surface area contributed by atoms with E-state index in [9.17, 15) is 19.2 Å². The Bertz CT molecular complexity index is 867. The van der Waals surface area contributed by atoms with Crippen molar-refractivity contribution in [2.24, 2.45) is 23.7 Å². The Hall–Kier alpha value is -2.70. The van der Waals surface area contributed by atoms with Crippen molar-refractivity contribution in [3.8, 4) is 0 Å². The van der Waals surface area contributed by atoms with Crippen LogP contribution in [0.25, 0.3) is 0 Å². The van der Waals surface area contributed by atoms with Gasteiger partial charge in [-0.1, -0.05) is 6.07 Å². The van der Waals surface area contributed by atoms with E-state index in [1.54, 1.807) is 6.07 Å². The van der Waals surface area contributed by atoms with E-state index in [0.717, 1.165) is 35.3 Å². The number of ether oxygens (including phenoxy) is 1. The first-order chi connectivity index (χ1) is 13.8. The van der Waals surface area contributed by atoms with Crippen LogP contribution in [0.15, 0.2) is 18.2 Å². The molecule has 5 atom stereocenters. The second kappa shape index (κ2) is 7.28. The van der Waals surface area contributed by atoms with Gasteiger partial charge in [0.1, 0.15) is 6.04 Å². The molecule has 3 fully saturated rings. The van der Waals surface area contributed by atoms with Crippen LogP contribution >= 0.6 is 0 Å². The molecule has 2 aliphatic carbocycles. The van der Waals surface area contributed by atoms with Gasteiger partial charge >= 0.3 is 5.97 Å². The second-order valence-electron chi connectivity index (χ2n) is 8.56. The van der Waals surface area contributed by atoms with Crippen LogP contribution in [0.5, 0.6) is 0 Å². The molecule has 1 saturated heterocycles. The number of imide groups is 1. The Kier molecular flexibility index (Phi) is 4.92. The number of carbonyl (C=O) groups is 4. The molecule has 1 aromatic rings. The van der Waals surface area contributed by atoms with Gasteiger partial charge < -0.3 is 10.1 Å². The fourth-order valence-electron chi connectivity index (χ4n) is 5.19. The predicted octanol–water partition coefficient (Wildman–Crippen LogP) is 2.20. The summed E-state index contributed by atoms with van der Waals surface area (Å²) in [6.07, 6.45) is 2.91. The molecule has 3 amide bonds. The Morgan fingerprint density at radius 3 is 2.31 bits per heavy atom. The molecular formula is C22H26N2O5. The normalized spacial score (nSPS) is 28.4. The number of carbonyl (C=O) groups excluding carboxylic acids is 4. The molecule has 0 spiro atoms. The summed E-state index contributed by atoms with van der Waals surface area (Å²) in [6, 6.07) is 4.49. The Morgan fingerprint density at radius 1 is 1.10 bits per heavy atom. The number of hydrogen-bond donors (Lipinski definition) is 1. The van der Waals surface area contributed by atoms with Crippen molar-refractivity contribution in [3.63, 3.8) is 0 Å². The van der Waals surface area contributed by atoms with E-state index in [2.05, 4.69) is 5.32 Å². The summed E-state index contributed by atoms with van der Waals surface area (Å²) in [7, 11) is 0. The topological polar surface area (TPSA) is 92.8 Å². The number of anilines is 1. The average molecular weight is 398 g/mol. The zero-order chi connectivity index (χ0) is 20.9. The molecule has 1 N–H and O–H groups in total. The molecule has 29 heavy (non-hydrogen) atoms. The summed E-state index contributed by atoms with van der Waals surface area (Å²) in [5, 5.41) is 2.68. The number of rotatable bonds is 5. The molecule has 0 unspecified atom stereocenters. The van der Waals surface area contributed by atoms with Crippen LogP contribution in [-0.2, 0) is 23.9 Å². The third-order valence-electron chi connectivity index (χ3n) is 6.83. The summed E-state index contributed by atoms with van der Waals surface area (Å²) in [4.78, 5) is 51.2. The molecular weight excluding hydrogens is 372 g/mol. The number of amides is 3. The van der Waals surface area contributed by atoms with E-state index in [0.29, 0.717) is 5.69 Å². The number of esters is 1. The summed E-state index contributed by atoms with van der Waals surface area (Å²) in [5.74, 6) is -1.74. The van der Waals surface area contributed by atoms with Gasteiger partial charge in [-0.25, -0.2) is 4.79 Å². The van der Waals surface area contributed by atoms with Crippen molar-refractivity contribution in [1.82, 2.24) is 4.90 Å². The maximum absolute atomic E-state index is 12.8. The van der Waals surface area contributed by atoms with Crippen molar-refractivity contribution in [1.29, 1.82) is 0 Å². The van der Waals surface area contributed by atoms with E-state index >= 15 is 0 Å². The predicted molar refractivity (Wildman–Crippen MR) is 105 cm³/mol. The van der Waals surface area contributed by atoms with E-state index in [4.69, 9.17) is 4.74 Å². The summed E-state index contributed by atoms with van der Waals surface area (Å²) < 4.78 is 5.10. The van der Waals surface area contributed by atoms with Gasteiger partial charge in [-0.15, -0.1) is 0 Å². The van der Waals surface area contributed by atoms with Crippen molar-refractivity contribution >= 4 is 29.4 Å². The Balaban J connectivity index is 1.34. The van der Waals surface area contributed by atoms with Crippen LogP contribution in [0.4, 0.5) is 5.69 Å². The van der Waals surface area contributed by atoms with E-state index in [1.807, 2.05) is 26.0 Å². The minimum Gasteiger partial charge on any atom is -0.454 e. The zero-order valence-corrected chi connectivity index (χ0v) is 16.9. The van der Waals surface area contributed by atoms with Gasteiger partial charge in [0.25, 0.3) is 5.91 Å². The monoisotopic (exact) mass is 398 g/mol. The number of nitrogens with zero attached hydrogens (tertiary/aromatic N) is 1. The van der Waals surface area contributed by atoms with Gasteiger partial charge in [-0.05, 0) is 75.1 Å². The highest BCUT2D eigenvalue weighted by atomic mass is 16.5.